The summed E-state index contributed by atoms with van der Waals surface area (Å²) >= 11 is 1.75. The number of aryl methyl sites for hydroxylation is 1. The molecule has 1 N–H and O–H groups in total. The number of thiophene rings is 1. The number of aliphatic hydroxyl groups is 1. The second-order valence-corrected chi connectivity index (χ2v) is 9.97. The largest absolute Gasteiger partial charge is 0.491 e. The molecule has 6 nitrogen and oxygen atoms in total. The van der Waals surface area contributed by atoms with Crippen LogP contribution in [0.15, 0.2) is 58.5 Å². The number of carbonyl (C=O) groups excluding carboxylic acids is 1. The SMILES string of the molecule is CCCC(O)CN(CC(=O)N1CCc2sccc2C1COc1ccc(C)cc1)Cc1ccco1. The van der Waals surface area contributed by atoms with E-state index in [1.165, 1.54) is 16.0 Å². The lowest BCUT2D eigenvalue weighted by atomic mass is 10.0. The van der Waals surface area contributed by atoms with Gasteiger partial charge in [-0.2, -0.15) is 0 Å². The quantitative estimate of drug-likeness (QED) is 0.425. The Bertz CT molecular complexity index is 1030. The molecule has 3 heterocycles. The minimum Gasteiger partial charge on any atom is -0.491 e. The van der Waals surface area contributed by atoms with Gasteiger partial charge in [0.1, 0.15) is 18.1 Å². The van der Waals surface area contributed by atoms with Crippen LogP contribution in [0, 0.1) is 6.92 Å². The Balaban J connectivity index is 1.48. The lowest BCUT2D eigenvalue weighted by Gasteiger charge is -2.37. The van der Waals surface area contributed by atoms with Crippen LogP contribution in [0.3, 0.4) is 0 Å². The van der Waals surface area contributed by atoms with Gasteiger partial charge in [-0.05, 0) is 61.0 Å². The minimum atomic E-state index is -0.474. The maximum absolute atomic E-state index is 13.6. The first-order chi connectivity index (χ1) is 16.5. The molecule has 34 heavy (non-hydrogen) atoms. The van der Waals surface area contributed by atoms with Gasteiger partial charge in [0, 0.05) is 18.0 Å². The van der Waals surface area contributed by atoms with Gasteiger partial charge < -0.3 is 19.2 Å². The average molecular weight is 483 g/mol. The number of ether oxygens (including phenoxy) is 1. The number of amides is 1. The Morgan fingerprint density at radius 1 is 1.29 bits per heavy atom. The Hall–Kier alpha value is -2.61. The van der Waals surface area contributed by atoms with Gasteiger partial charge in [0.15, 0.2) is 0 Å². The van der Waals surface area contributed by atoms with Crippen LogP contribution < -0.4 is 4.74 Å². The van der Waals surface area contributed by atoms with Gasteiger partial charge >= 0.3 is 0 Å². The van der Waals surface area contributed by atoms with Crippen LogP contribution >= 0.6 is 11.3 Å². The standard InChI is InChI=1S/C27H34N2O4S/c1-3-5-21(30)16-28(17-23-6-4-14-32-23)18-27(31)29-13-11-26-24(12-15-34-26)25(29)19-33-22-9-7-20(2)8-10-22/h4,6-10,12,14-15,21,25,30H,3,5,11,13,16-19H2,1-2H3. The Morgan fingerprint density at radius 3 is 2.85 bits per heavy atom. The summed E-state index contributed by atoms with van der Waals surface area (Å²) in [5.41, 5.74) is 2.36. The molecule has 0 saturated heterocycles. The third kappa shape index (κ3) is 6.29. The van der Waals surface area contributed by atoms with Gasteiger partial charge in [0.05, 0.1) is 31.5 Å². The highest BCUT2D eigenvalue weighted by atomic mass is 32.1. The highest BCUT2D eigenvalue weighted by Crippen LogP contribution is 2.34. The van der Waals surface area contributed by atoms with Crippen LogP contribution in [0.25, 0.3) is 0 Å². The monoisotopic (exact) mass is 482 g/mol. The molecule has 7 heteroatoms. The lowest BCUT2D eigenvalue weighted by Crippen LogP contribution is -2.47. The molecule has 0 aliphatic carbocycles. The van der Waals surface area contributed by atoms with E-state index in [1.54, 1.807) is 17.6 Å². The molecule has 2 aromatic heterocycles. The smallest absolute Gasteiger partial charge is 0.237 e. The van der Waals surface area contributed by atoms with E-state index >= 15 is 0 Å². The Labute approximate surface area is 205 Å². The highest BCUT2D eigenvalue weighted by molar-refractivity contribution is 7.10. The number of nitrogens with zero attached hydrogens (tertiary/aromatic N) is 2. The van der Waals surface area contributed by atoms with E-state index in [0.29, 0.717) is 32.7 Å². The van der Waals surface area contributed by atoms with E-state index in [0.717, 1.165) is 24.4 Å². The molecule has 2 unspecified atom stereocenters. The van der Waals surface area contributed by atoms with E-state index in [1.807, 2.05) is 46.2 Å². The van der Waals surface area contributed by atoms with Crippen molar-refractivity contribution < 1.29 is 19.1 Å². The zero-order chi connectivity index (χ0) is 23.9. The van der Waals surface area contributed by atoms with Gasteiger partial charge in [-0.1, -0.05) is 31.0 Å². The van der Waals surface area contributed by atoms with Crippen LogP contribution in [-0.2, 0) is 17.8 Å². The predicted octanol–water partition coefficient (Wildman–Crippen LogP) is 4.82. The fourth-order valence-corrected chi connectivity index (χ4v) is 5.43. The number of benzene rings is 1. The van der Waals surface area contributed by atoms with Gasteiger partial charge in [-0.25, -0.2) is 0 Å². The number of aliphatic hydroxyl groups excluding tert-OH is 1. The molecule has 0 saturated carbocycles. The third-order valence-electron chi connectivity index (χ3n) is 6.25. The van der Waals surface area contributed by atoms with E-state index in [9.17, 15) is 9.90 Å². The van der Waals surface area contributed by atoms with Crippen molar-refractivity contribution in [3.63, 3.8) is 0 Å². The summed E-state index contributed by atoms with van der Waals surface area (Å²) in [6.07, 6.45) is 3.63. The summed E-state index contributed by atoms with van der Waals surface area (Å²) in [5.74, 6) is 1.64. The van der Waals surface area contributed by atoms with Crippen molar-refractivity contribution in [3.8, 4) is 5.75 Å². The number of carbonyl (C=O) groups is 1. The second-order valence-electron chi connectivity index (χ2n) is 8.97. The average Bonchev–Trinajstić information content (AvgIpc) is 3.50. The van der Waals surface area contributed by atoms with E-state index in [2.05, 4.69) is 25.3 Å². The fourth-order valence-electron chi connectivity index (χ4n) is 4.50. The molecule has 3 aromatic rings. The molecule has 1 aliphatic rings. The first kappa shape index (κ1) is 24.5. The predicted molar refractivity (Wildman–Crippen MR) is 134 cm³/mol. The van der Waals surface area contributed by atoms with Crippen molar-refractivity contribution in [2.24, 2.45) is 0 Å². The molecule has 0 spiro atoms. The molecule has 0 fully saturated rings. The van der Waals surface area contributed by atoms with Crippen LogP contribution in [0.1, 0.15) is 47.6 Å². The summed E-state index contributed by atoms with van der Waals surface area (Å²) in [6, 6.07) is 13.7. The second kappa shape index (κ2) is 11.7. The van der Waals surface area contributed by atoms with Crippen LogP contribution in [0.4, 0.5) is 0 Å². The first-order valence-electron chi connectivity index (χ1n) is 12.0. The molecule has 1 amide bonds. The number of fused-ring (bicyclic) bond motifs is 1. The summed E-state index contributed by atoms with van der Waals surface area (Å²) in [5, 5.41) is 12.5. The van der Waals surface area contributed by atoms with Gasteiger partial charge in [0.2, 0.25) is 5.91 Å². The minimum absolute atomic E-state index is 0.0459. The van der Waals surface area contributed by atoms with Crippen LogP contribution in [0.2, 0.25) is 0 Å². The van der Waals surface area contributed by atoms with Crippen LogP contribution in [0.5, 0.6) is 5.75 Å². The third-order valence-corrected chi connectivity index (χ3v) is 7.25. The molecule has 0 radical (unpaired) electrons. The van der Waals surface area contributed by atoms with Crippen LogP contribution in [-0.4, -0.2) is 53.2 Å². The summed E-state index contributed by atoms with van der Waals surface area (Å²) < 4.78 is 11.7. The van der Waals surface area contributed by atoms with E-state index in [-0.39, 0.29) is 18.5 Å². The Morgan fingerprint density at radius 2 is 2.12 bits per heavy atom. The Kier molecular flexibility index (Phi) is 8.43. The molecule has 0 bridgehead atoms. The number of rotatable bonds is 11. The summed E-state index contributed by atoms with van der Waals surface area (Å²) in [7, 11) is 0. The number of furan rings is 1. The fraction of sp³-hybridized carbons (Fsp3) is 0.444. The van der Waals surface area contributed by atoms with Crippen molar-refractivity contribution in [2.75, 3.05) is 26.2 Å². The number of hydrogen-bond donors (Lipinski definition) is 1. The van der Waals surface area contributed by atoms with E-state index < -0.39 is 6.10 Å². The molecular weight excluding hydrogens is 448 g/mol. The summed E-state index contributed by atoms with van der Waals surface area (Å²) in [6.45, 7) is 6.33. The van der Waals surface area contributed by atoms with Crippen molar-refractivity contribution in [2.45, 2.75) is 51.8 Å². The van der Waals surface area contributed by atoms with Crippen molar-refractivity contribution in [1.29, 1.82) is 0 Å². The number of hydrogen-bond acceptors (Lipinski definition) is 6. The molecule has 4 rings (SSSR count). The van der Waals surface area contributed by atoms with Crippen molar-refractivity contribution in [1.82, 2.24) is 9.80 Å². The normalized spacial score (nSPS) is 16.5. The molecule has 1 aromatic carbocycles. The molecule has 182 valence electrons. The lowest BCUT2D eigenvalue weighted by molar-refractivity contribution is -0.136. The van der Waals surface area contributed by atoms with Gasteiger partial charge in [-0.3, -0.25) is 9.69 Å². The molecular formula is C27H34N2O4S. The summed E-state index contributed by atoms with van der Waals surface area (Å²) in [4.78, 5) is 18.9. The first-order valence-corrected chi connectivity index (χ1v) is 12.9. The maximum Gasteiger partial charge on any atom is 0.237 e. The highest BCUT2D eigenvalue weighted by Gasteiger charge is 2.33. The van der Waals surface area contributed by atoms with E-state index in [4.69, 9.17) is 9.15 Å². The zero-order valence-corrected chi connectivity index (χ0v) is 20.8. The molecule has 2 atom stereocenters. The van der Waals surface area contributed by atoms with Crippen molar-refractivity contribution >= 4 is 17.2 Å². The maximum atomic E-state index is 13.6. The van der Waals surface area contributed by atoms with Gasteiger partial charge in [0.25, 0.3) is 0 Å². The molecule has 1 aliphatic heterocycles. The van der Waals surface area contributed by atoms with Gasteiger partial charge in [-0.15, -0.1) is 11.3 Å². The zero-order valence-electron chi connectivity index (χ0n) is 20.0. The topological polar surface area (TPSA) is 66.2 Å². The van der Waals surface area contributed by atoms with Crippen molar-refractivity contribution in [3.05, 3.63) is 75.9 Å².